The van der Waals surface area contributed by atoms with E-state index in [0.717, 1.165) is 0 Å². The minimum Gasteiger partial charge on any atom is -0.299 e. The maximum Gasteiger partial charge on any atom is 0.138 e. The van der Waals surface area contributed by atoms with Crippen molar-refractivity contribution in [1.29, 1.82) is 0 Å². The van der Waals surface area contributed by atoms with Crippen molar-refractivity contribution in [1.82, 2.24) is 4.98 Å². The Bertz CT molecular complexity index is 325. The van der Waals surface area contributed by atoms with Crippen molar-refractivity contribution >= 4 is 29.0 Å². The second-order valence-electron chi connectivity index (χ2n) is 2.65. The zero-order valence-electron chi connectivity index (χ0n) is 7.18. The third-order valence-corrected chi connectivity index (χ3v) is 2.18. The minimum atomic E-state index is 0.122. The Morgan fingerprint density at radius 3 is 2.77 bits per heavy atom. The molecule has 0 amide bonds. The average molecular weight is 218 g/mol. The highest BCUT2D eigenvalue weighted by atomic mass is 35.5. The van der Waals surface area contributed by atoms with Crippen molar-refractivity contribution < 1.29 is 4.79 Å². The zero-order valence-corrected chi connectivity index (χ0v) is 8.69. The predicted octanol–water partition coefficient (Wildman–Crippen LogP) is 2.91. The van der Waals surface area contributed by atoms with Crippen LogP contribution in [0, 0.1) is 0 Å². The van der Waals surface area contributed by atoms with E-state index in [0.29, 0.717) is 22.2 Å². The molecule has 0 aromatic carbocycles. The lowest BCUT2D eigenvalue weighted by atomic mass is 10.2. The number of nitrogens with zero attached hydrogens (tertiary/aromatic N) is 1. The molecule has 1 heterocycles. The molecular formula is C9H9Cl2NO. The summed E-state index contributed by atoms with van der Waals surface area (Å²) in [5.41, 5.74) is 0.595. The van der Waals surface area contributed by atoms with E-state index in [1.54, 1.807) is 6.07 Å². The van der Waals surface area contributed by atoms with Gasteiger partial charge in [0.25, 0.3) is 0 Å². The maximum atomic E-state index is 11.1. The normalized spacial score (nSPS) is 10.1. The molecule has 0 N–H and O–H groups in total. The number of carbonyl (C=O) groups excluding carboxylic acids is 1. The smallest absolute Gasteiger partial charge is 0.138 e. The number of Topliss-reactive ketones (excluding diaryl/α,β-unsaturated/α-hetero) is 1. The number of rotatable bonds is 3. The third-order valence-electron chi connectivity index (χ3n) is 1.64. The highest BCUT2D eigenvalue weighted by molar-refractivity contribution is 6.34. The highest BCUT2D eigenvalue weighted by Gasteiger charge is 2.06. The van der Waals surface area contributed by atoms with Gasteiger partial charge in [-0.05, 0) is 6.07 Å². The van der Waals surface area contributed by atoms with Gasteiger partial charge in [0.15, 0.2) is 0 Å². The van der Waals surface area contributed by atoms with Crippen LogP contribution >= 0.6 is 23.2 Å². The third kappa shape index (κ3) is 2.98. The van der Waals surface area contributed by atoms with E-state index < -0.39 is 0 Å². The second kappa shape index (κ2) is 4.58. The van der Waals surface area contributed by atoms with E-state index in [1.807, 2.05) is 6.92 Å². The van der Waals surface area contributed by atoms with E-state index >= 15 is 0 Å². The van der Waals surface area contributed by atoms with Gasteiger partial charge in [0, 0.05) is 12.6 Å². The molecule has 70 valence electrons. The average Bonchev–Trinajstić information content (AvgIpc) is 2.09. The van der Waals surface area contributed by atoms with Crippen LogP contribution in [0.2, 0.25) is 10.0 Å². The molecule has 2 nitrogen and oxygen atoms in total. The first kappa shape index (κ1) is 10.5. The number of hydrogen-bond donors (Lipinski definition) is 0. The Labute approximate surface area is 86.9 Å². The van der Waals surface area contributed by atoms with E-state index in [4.69, 9.17) is 23.2 Å². The fraction of sp³-hybridized carbons (Fsp3) is 0.333. The van der Waals surface area contributed by atoms with Gasteiger partial charge in [-0.2, -0.15) is 0 Å². The predicted molar refractivity (Wildman–Crippen MR) is 53.3 cm³/mol. The van der Waals surface area contributed by atoms with Gasteiger partial charge in [-0.15, -0.1) is 0 Å². The summed E-state index contributed by atoms with van der Waals surface area (Å²) in [5.74, 6) is 0.122. The molecule has 0 radical (unpaired) electrons. The summed E-state index contributed by atoms with van der Waals surface area (Å²) < 4.78 is 0. The lowest BCUT2D eigenvalue weighted by Crippen LogP contribution is -2.02. The molecule has 1 aromatic heterocycles. The van der Waals surface area contributed by atoms with Crippen LogP contribution in [0.4, 0.5) is 0 Å². The molecule has 0 aliphatic rings. The molecular weight excluding hydrogens is 209 g/mol. The van der Waals surface area contributed by atoms with Crippen LogP contribution in [-0.4, -0.2) is 10.8 Å². The summed E-state index contributed by atoms with van der Waals surface area (Å²) in [6.45, 7) is 1.81. The monoisotopic (exact) mass is 217 g/mol. The van der Waals surface area contributed by atoms with Crippen LogP contribution in [0.25, 0.3) is 0 Å². The lowest BCUT2D eigenvalue weighted by Gasteiger charge is -2.01. The number of pyridine rings is 1. The second-order valence-corrected chi connectivity index (χ2v) is 3.49. The van der Waals surface area contributed by atoms with E-state index in [-0.39, 0.29) is 12.2 Å². The molecule has 0 saturated carbocycles. The van der Waals surface area contributed by atoms with E-state index in [2.05, 4.69) is 4.98 Å². The summed E-state index contributed by atoms with van der Waals surface area (Å²) in [5, 5.41) is 0.937. The largest absolute Gasteiger partial charge is 0.299 e. The number of halogens is 2. The van der Waals surface area contributed by atoms with Gasteiger partial charge in [0.1, 0.15) is 5.78 Å². The molecule has 0 unspecified atom stereocenters. The number of aromatic nitrogens is 1. The van der Waals surface area contributed by atoms with Crippen LogP contribution < -0.4 is 0 Å². The van der Waals surface area contributed by atoms with Gasteiger partial charge in [0.2, 0.25) is 0 Å². The van der Waals surface area contributed by atoms with Crippen LogP contribution in [0.15, 0.2) is 12.3 Å². The van der Waals surface area contributed by atoms with Gasteiger partial charge in [-0.25, -0.2) is 0 Å². The molecule has 13 heavy (non-hydrogen) atoms. The minimum absolute atomic E-state index is 0.122. The van der Waals surface area contributed by atoms with Crippen molar-refractivity contribution in [3.63, 3.8) is 0 Å². The molecule has 4 heteroatoms. The Morgan fingerprint density at radius 1 is 1.54 bits per heavy atom. The molecule has 0 atom stereocenters. The summed E-state index contributed by atoms with van der Waals surface area (Å²) in [7, 11) is 0. The topological polar surface area (TPSA) is 30.0 Å². The summed E-state index contributed by atoms with van der Waals surface area (Å²) >= 11 is 11.5. The van der Waals surface area contributed by atoms with Gasteiger partial charge in [-0.3, -0.25) is 9.78 Å². The van der Waals surface area contributed by atoms with Gasteiger partial charge in [0.05, 0.1) is 22.2 Å². The Kier molecular flexibility index (Phi) is 3.70. The van der Waals surface area contributed by atoms with Gasteiger partial charge in [-0.1, -0.05) is 30.1 Å². The van der Waals surface area contributed by atoms with Gasteiger partial charge >= 0.3 is 0 Å². The Balaban J connectivity index is 2.83. The van der Waals surface area contributed by atoms with Crippen molar-refractivity contribution in [2.75, 3.05) is 0 Å². The van der Waals surface area contributed by atoms with Crippen LogP contribution in [0.3, 0.4) is 0 Å². The molecule has 0 fully saturated rings. The maximum absolute atomic E-state index is 11.1. The van der Waals surface area contributed by atoms with Crippen molar-refractivity contribution in [2.24, 2.45) is 0 Å². The number of hydrogen-bond acceptors (Lipinski definition) is 2. The van der Waals surface area contributed by atoms with E-state index in [1.165, 1.54) is 6.20 Å². The van der Waals surface area contributed by atoms with Crippen molar-refractivity contribution in [3.8, 4) is 0 Å². The molecule has 0 aliphatic heterocycles. The van der Waals surface area contributed by atoms with Crippen LogP contribution in [-0.2, 0) is 11.2 Å². The Hall–Kier alpha value is -0.600. The zero-order chi connectivity index (χ0) is 9.84. The summed E-state index contributed by atoms with van der Waals surface area (Å²) in [6.07, 6.45) is 2.28. The lowest BCUT2D eigenvalue weighted by molar-refractivity contribution is -0.118. The standard InChI is InChI=1S/C9H9Cl2NO/c1-2-7(13)4-9-8(11)3-6(10)5-12-9/h3,5H,2,4H2,1H3. The summed E-state index contributed by atoms with van der Waals surface area (Å²) in [4.78, 5) is 15.1. The Morgan fingerprint density at radius 2 is 2.23 bits per heavy atom. The quantitative estimate of drug-likeness (QED) is 0.780. The first-order valence-electron chi connectivity index (χ1n) is 3.95. The number of carbonyl (C=O) groups is 1. The van der Waals surface area contributed by atoms with Crippen molar-refractivity contribution in [2.45, 2.75) is 19.8 Å². The fourth-order valence-electron chi connectivity index (χ4n) is 0.885. The van der Waals surface area contributed by atoms with E-state index in [9.17, 15) is 4.79 Å². The van der Waals surface area contributed by atoms with Gasteiger partial charge < -0.3 is 0 Å². The molecule has 1 rings (SSSR count). The first-order chi connectivity index (χ1) is 6.13. The molecule has 0 aliphatic carbocycles. The van der Waals surface area contributed by atoms with Crippen molar-refractivity contribution in [3.05, 3.63) is 28.0 Å². The molecule has 1 aromatic rings. The summed E-state index contributed by atoms with van der Waals surface area (Å²) in [6, 6.07) is 1.59. The molecule has 0 spiro atoms. The first-order valence-corrected chi connectivity index (χ1v) is 4.70. The molecule has 0 bridgehead atoms. The molecule has 0 saturated heterocycles. The SMILES string of the molecule is CCC(=O)Cc1ncc(Cl)cc1Cl. The fourth-order valence-corrected chi connectivity index (χ4v) is 1.33. The number of ketones is 1. The highest BCUT2D eigenvalue weighted by Crippen LogP contribution is 2.18. The van der Waals surface area contributed by atoms with Crippen LogP contribution in [0.5, 0.6) is 0 Å². The van der Waals surface area contributed by atoms with Crippen LogP contribution in [0.1, 0.15) is 19.0 Å².